The molecule has 0 bridgehead atoms. The highest BCUT2D eigenvalue weighted by molar-refractivity contribution is 5.80. The molecule has 5 rings (SSSR count). The molecule has 2 aromatic heterocycles. The van der Waals surface area contributed by atoms with E-state index in [1.165, 1.54) is 24.3 Å². The number of carbonyl (C=O) groups is 1. The van der Waals surface area contributed by atoms with Crippen LogP contribution in [-0.2, 0) is 24.1 Å². The van der Waals surface area contributed by atoms with E-state index in [9.17, 15) is 13.6 Å². The maximum Gasteiger partial charge on any atom is 0.191 e. The summed E-state index contributed by atoms with van der Waals surface area (Å²) < 4.78 is 34.4. The Bertz CT molecular complexity index is 1300. The second-order valence-corrected chi connectivity index (χ2v) is 9.20. The van der Waals surface area contributed by atoms with Gasteiger partial charge in [-0.05, 0) is 80.1 Å². The lowest BCUT2D eigenvalue weighted by atomic mass is 9.93. The number of Topliss-reactive ketones (excluding diaryl/α,β-unsaturated/α-hetero) is 1. The largest absolute Gasteiger partial charge is 0.446 e. The Hall–Kier alpha value is -3.61. The van der Waals surface area contributed by atoms with Crippen molar-refractivity contribution >= 4 is 5.78 Å². The van der Waals surface area contributed by atoms with Crippen molar-refractivity contribution in [2.75, 3.05) is 0 Å². The van der Waals surface area contributed by atoms with Gasteiger partial charge in [0.25, 0.3) is 0 Å². The van der Waals surface area contributed by atoms with Crippen LogP contribution in [0.25, 0.3) is 16.9 Å². The van der Waals surface area contributed by atoms with Crippen molar-refractivity contribution in [2.24, 2.45) is 5.92 Å². The van der Waals surface area contributed by atoms with Crippen LogP contribution in [0.5, 0.6) is 0 Å². The molecule has 5 nitrogen and oxygen atoms in total. The van der Waals surface area contributed by atoms with Gasteiger partial charge in [-0.15, -0.1) is 0 Å². The van der Waals surface area contributed by atoms with Crippen molar-refractivity contribution in [3.05, 3.63) is 89.5 Å². The molecule has 0 fully saturated rings. The van der Waals surface area contributed by atoms with Gasteiger partial charge in [-0.25, -0.2) is 18.7 Å². The maximum atomic E-state index is 13.5. The lowest BCUT2D eigenvalue weighted by Crippen LogP contribution is -2.11. The van der Waals surface area contributed by atoms with Crippen LogP contribution in [0.1, 0.15) is 48.9 Å². The molecule has 0 saturated heterocycles. The average Bonchev–Trinajstić information content (AvgIpc) is 3.37. The molecule has 180 valence electrons. The number of aryl methyl sites for hydroxylation is 3. The molecule has 1 unspecified atom stereocenters. The molecule has 0 amide bonds. The third-order valence-electron chi connectivity index (χ3n) is 6.66. The number of nitrogens with zero attached hydrogens (tertiary/aromatic N) is 3. The van der Waals surface area contributed by atoms with Crippen LogP contribution >= 0.6 is 0 Å². The first-order chi connectivity index (χ1) is 16.9. The van der Waals surface area contributed by atoms with Gasteiger partial charge in [0.05, 0.1) is 17.8 Å². The fourth-order valence-corrected chi connectivity index (χ4v) is 4.77. The van der Waals surface area contributed by atoms with Crippen LogP contribution in [0.2, 0.25) is 0 Å². The molecule has 1 aliphatic rings. The number of halogens is 2. The molecular formula is C28H27F2N3O2. The first kappa shape index (κ1) is 23.1. The van der Waals surface area contributed by atoms with Crippen LogP contribution in [0.15, 0.2) is 59.1 Å². The number of hydrogen-bond donors (Lipinski definition) is 0. The van der Waals surface area contributed by atoms with Crippen molar-refractivity contribution in [3.8, 4) is 16.9 Å². The summed E-state index contributed by atoms with van der Waals surface area (Å²) >= 11 is 0. The molecule has 1 aliphatic carbocycles. The van der Waals surface area contributed by atoms with Crippen LogP contribution in [0, 0.1) is 24.5 Å². The number of benzene rings is 2. The Morgan fingerprint density at radius 1 is 1.00 bits per heavy atom. The van der Waals surface area contributed by atoms with Crippen LogP contribution in [0.3, 0.4) is 0 Å². The number of oxazole rings is 1. The van der Waals surface area contributed by atoms with Crippen LogP contribution < -0.4 is 0 Å². The third kappa shape index (κ3) is 5.39. The highest BCUT2D eigenvalue weighted by Crippen LogP contribution is 2.28. The predicted molar refractivity (Wildman–Crippen MR) is 128 cm³/mol. The van der Waals surface area contributed by atoms with Gasteiger partial charge in [0, 0.05) is 37.2 Å². The zero-order valence-electron chi connectivity index (χ0n) is 19.6. The molecule has 0 N–H and O–H groups in total. The topological polar surface area (TPSA) is 60.9 Å². The Morgan fingerprint density at radius 2 is 1.69 bits per heavy atom. The number of imidazole rings is 1. The second kappa shape index (κ2) is 9.94. The minimum atomic E-state index is -0.333. The van der Waals surface area contributed by atoms with Crippen molar-refractivity contribution in [2.45, 2.75) is 51.9 Å². The average molecular weight is 476 g/mol. The third-order valence-corrected chi connectivity index (χ3v) is 6.66. The van der Waals surface area contributed by atoms with Gasteiger partial charge in [-0.1, -0.05) is 0 Å². The highest BCUT2D eigenvalue weighted by atomic mass is 19.1. The van der Waals surface area contributed by atoms with Gasteiger partial charge in [0.2, 0.25) is 0 Å². The van der Waals surface area contributed by atoms with Crippen molar-refractivity contribution in [1.29, 1.82) is 0 Å². The van der Waals surface area contributed by atoms with E-state index in [1.54, 1.807) is 24.3 Å². The Labute approximate surface area is 202 Å². The fraction of sp³-hybridized carbons (Fsp3) is 0.321. The summed E-state index contributed by atoms with van der Waals surface area (Å²) in [5.41, 5.74) is 3.17. The quantitative estimate of drug-likeness (QED) is 0.299. The van der Waals surface area contributed by atoms with Gasteiger partial charge in [0.1, 0.15) is 29.0 Å². The van der Waals surface area contributed by atoms with E-state index in [-0.39, 0.29) is 23.8 Å². The number of aromatic nitrogens is 3. The lowest BCUT2D eigenvalue weighted by Gasteiger charge is -2.13. The van der Waals surface area contributed by atoms with E-state index in [0.29, 0.717) is 23.9 Å². The molecule has 1 atom stereocenters. The first-order valence-corrected chi connectivity index (χ1v) is 12.0. The predicted octanol–water partition coefficient (Wildman–Crippen LogP) is 6.20. The van der Waals surface area contributed by atoms with E-state index in [0.717, 1.165) is 60.7 Å². The second-order valence-electron chi connectivity index (χ2n) is 9.20. The number of rotatable bonds is 7. The molecule has 0 radical (unpaired) electrons. The summed E-state index contributed by atoms with van der Waals surface area (Å²) in [5, 5.41) is 0. The number of fused-ring (bicyclic) bond motifs is 1. The minimum Gasteiger partial charge on any atom is -0.446 e. The number of hydrogen-bond acceptors (Lipinski definition) is 4. The standard InChI is InChI=1S/C28H27F2N3O2/c1-18-31-25-14-3-19(4-15-27(25)35-18)2-13-24(34)16-28-32-26(20-5-7-21(29)8-6-20)17-33(28)23-11-9-22(30)10-12-23/h5-12,17,19H,2-4,13-16H2,1H3. The molecule has 0 saturated carbocycles. The monoisotopic (exact) mass is 475 g/mol. The van der Waals surface area contributed by atoms with Gasteiger partial charge in [-0.2, -0.15) is 0 Å². The highest BCUT2D eigenvalue weighted by Gasteiger charge is 2.22. The Kier molecular flexibility index (Phi) is 6.57. The SMILES string of the molecule is Cc1nc2c(o1)CCC(CCC(=O)Cc1nc(-c3ccc(F)cc3)cn1-c1ccc(F)cc1)CC2. The van der Waals surface area contributed by atoms with Gasteiger partial charge < -0.3 is 8.98 Å². The van der Waals surface area contributed by atoms with Gasteiger partial charge in [0.15, 0.2) is 5.89 Å². The van der Waals surface area contributed by atoms with E-state index in [2.05, 4.69) is 4.98 Å². The summed E-state index contributed by atoms with van der Waals surface area (Å²) in [5.74, 6) is 2.21. The molecule has 2 heterocycles. The summed E-state index contributed by atoms with van der Waals surface area (Å²) in [6.45, 7) is 1.88. The molecule has 7 heteroatoms. The van der Waals surface area contributed by atoms with E-state index >= 15 is 0 Å². The van der Waals surface area contributed by atoms with Gasteiger partial charge in [-0.3, -0.25) is 4.79 Å². The van der Waals surface area contributed by atoms with E-state index in [1.807, 2.05) is 17.7 Å². The molecule has 35 heavy (non-hydrogen) atoms. The van der Waals surface area contributed by atoms with Crippen molar-refractivity contribution in [1.82, 2.24) is 14.5 Å². The number of carbonyl (C=O) groups excluding carboxylic acids is 1. The van der Waals surface area contributed by atoms with Crippen molar-refractivity contribution in [3.63, 3.8) is 0 Å². The first-order valence-electron chi connectivity index (χ1n) is 12.0. The zero-order valence-corrected chi connectivity index (χ0v) is 19.6. The molecule has 0 spiro atoms. The van der Waals surface area contributed by atoms with E-state index in [4.69, 9.17) is 9.40 Å². The zero-order chi connectivity index (χ0) is 24.4. The normalized spacial score (nSPS) is 15.6. The van der Waals surface area contributed by atoms with Crippen molar-refractivity contribution < 1.29 is 18.0 Å². The summed E-state index contributed by atoms with van der Waals surface area (Å²) in [4.78, 5) is 22.2. The molecule has 4 aromatic rings. The summed E-state index contributed by atoms with van der Waals surface area (Å²) in [7, 11) is 0. The van der Waals surface area contributed by atoms with Crippen LogP contribution in [0.4, 0.5) is 8.78 Å². The maximum absolute atomic E-state index is 13.5. The Morgan fingerprint density at radius 3 is 2.43 bits per heavy atom. The fourth-order valence-electron chi connectivity index (χ4n) is 4.77. The van der Waals surface area contributed by atoms with Crippen LogP contribution in [-0.4, -0.2) is 20.3 Å². The molecule has 2 aromatic carbocycles. The molecular weight excluding hydrogens is 448 g/mol. The molecule has 0 aliphatic heterocycles. The summed E-state index contributed by atoms with van der Waals surface area (Å²) in [6, 6.07) is 12.2. The number of ketones is 1. The smallest absolute Gasteiger partial charge is 0.191 e. The Balaban J connectivity index is 1.29. The summed E-state index contributed by atoms with van der Waals surface area (Å²) in [6.07, 6.45) is 7.03. The van der Waals surface area contributed by atoms with E-state index < -0.39 is 0 Å². The minimum absolute atomic E-state index is 0.111. The van der Waals surface area contributed by atoms with Gasteiger partial charge >= 0.3 is 0 Å². The lowest BCUT2D eigenvalue weighted by molar-refractivity contribution is -0.118.